The van der Waals surface area contributed by atoms with Crippen molar-refractivity contribution in [3.8, 4) is 0 Å². The lowest BCUT2D eigenvalue weighted by molar-refractivity contribution is 0.112. The largest absolute Gasteiger partial charge is 0.298 e. The highest BCUT2D eigenvalue weighted by Gasteiger charge is 1.98. The van der Waals surface area contributed by atoms with Gasteiger partial charge in [-0.05, 0) is 18.2 Å². The van der Waals surface area contributed by atoms with E-state index in [2.05, 4.69) is 5.10 Å². The molecular formula is C9H8N2O. The fourth-order valence-electron chi connectivity index (χ4n) is 1.24. The summed E-state index contributed by atoms with van der Waals surface area (Å²) in [5, 5.41) is 5.19. The second kappa shape index (κ2) is 2.44. The minimum atomic E-state index is 0.690. The first-order chi connectivity index (χ1) is 5.79. The zero-order valence-electron chi connectivity index (χ0n) is 6.69. The molecule has 0 fully saturated rings. The molecule has 1 aromatic heterocycles. The first kappa shape index (κ1) is 7.03. The molecule has 3 heteroatoms. The lowest BCUT2D eigenvalue weighted by atomic mass is 10.2. The third kappa shape index (κ3) is 0.993. The molecule has 0 aliphatic heterocycles. The Hall–Kier alpha value is -1.64. The van der Waals surface area contributed by atoms with E-state index >= 15 is 0 Å². The lowest BCUT2D eigenvalue weighted by Gasteiger charge is -1.87. The van der Waals surface area contributed by atoms with Gasteiger partial charge >= 0.3 is 0 Å². The average Bonchev–Trinajstić information content (AvgIpc) is 2.43. The van der Waals surface area contributed by atoms with Crippen molar-refractivity contribution in [2.45, 2.75) is 0 Å². The van der Waals surface area contributed by atoms with E-state index in [0.29, 0.717) is 5.56 Å². The first-order valence-corrected chi connectivity index (χ1v) is 3.68. The molecule has 0 N–H and O–H groups in total. The van der Waals surface area contributed by atoms with Gasteiger partial charge in [-0.25, -0.2) is 0 Å². The van der Waals surface area contributed by atoms with Crippen molar-refractivity contribution in [2.75, 3.05) is 0 Å². The number of aromatic nitrogens is 2. The molecule has 3 nitrogen and oxygen atoms in total. The Morgan fingerprint density at radius 2 is 2.33 bits per heavy atom. The quantitative estimate of drug-likeness (QED) is 0.591. The van der Waals surface area contributed by atoms with Crippen LogP contribution < -0.4 is 0 Å². The van der Waals surface area contributed by atoms with Gasteiger partial charge in [0.2, 0.25) is 0 Å². The number of nitrogens with zero attached hydrogens (tertiary/aromatic N) is 2. The van der Waals surface area contributed by atoms with E-state index in [9.17, 15) is 4.79 Å². The molecule has 0 unspecified atom stereocenters. The summed E-state index contributed by atoms with van der Waals surface area (Å²) in [6, 6.07) is 5.44. The van der Waals surface area contributed by atoms with Crippen LogP contribution in [-0.2, 0) is 7.05 Å². The molecule has 0 saturated carbocycles. The highest BCUT2D eigenvalue weighted by Crippen LogP contribution is 2.12. The number of hydrogen-bond donors (Lipinski definition) is 0. The molecule has 1 aromatic carbocycles. The highest BCUT2D eigenvalue weighted by atomic mass is 16.1. The number of fused-ring (bicyclic) bond motifs is 1. The number of carbonyl (C=O) groups is 1. The van der Waals surface area contributed by atoms with Crippen LogP contribution in [0.3, 0.4) is 0 Å². The van der Waals surface area contributed by atoms with Crippen LogP contribution in [0.5, 0.6) is 0 Å². The van der Waals surface area contributed by atoms with Crippen molar-refractivity contribution < 1.29 is 4.79 Å². The summed E-state index contributed by atoms with van der Waals surface area (Å²) in [6.45, 7) is 0. The van der Waals surface area contributed by atoms with E-state index in [1.54, 1.807) is 10.7 Å². The number of benzene rings is 1. The van der Waals surface area contributed by atoms with Crippen molar-refractivity contribution in [2.24, 2.45) is 7.05 Å². The standard InChI is InChI=1S/C9H8N2O/c1-11-5-8-4-7(6-12)2-3-9(8)10-11/h2-6H,1H3. The fraction of sp³-hybridized carbons (Fsp3) is 0.111. The molecule has 0 aliphatic rings. The van der Waals surface area contributed by atoms with Crippen LogP contribution in [-0.4, -0.2) is 16.1 Å². The topological polar surface area (TPSA) is 34.9 Å². The van der Waals surface area contributed by atoms with Gasteiger partial charge in [0.1, 0.15) is 6.29 Å². The summed E-state index contributed by atoms with van der Waals surface area (Å²) in [7, 11) is 1.86. The predicted octanol–water partition coefficient (Wildman–Crippen LogP) is 1.39. The second-order valence-electron chi connectivity index (χ2n) is 2.74. The number of hydrogen-bond acceptors (Lipinski definition) is 2. The molecule has 2 rings (SSSR count). The minimum absolute atomic E-state index is 0.690. The Morgan fingerprint density at radius 1 is 1.50 bits per heavy atom. The maximum atomic E-state index is 10.4. The van der Waals surface area contributed by atoms with Crippen molar-refractivity contribution in [1.82, 2.24) is 9.78 Å². The van der Waals surface area contributed by atoms with Gasteiger partial charge in [0.05, 0.1) is 5.52 Å². The molecule has 60 valence electrons. The van der Waals surface area contributed by atoms with Gasteiger partial charge < -0.3 is 0 Å². The summed E-state index contributed by atoms with van der Waals surface area (Å²) in [5.41, 5.74) is 1.61. The molecule has 0 saturated heterocycles. The number of carbonyl (C=O) groups excluding carboxylic acids is 1. The van der Waals surface area contributed by atoms with Gasteiger partial charge in [0.25, 0.3) is 0 Å². The third-order valence-electron chi connectivity index (χ3n) is 1.78. The molecule has 0 amide bonds. The number of aryl methyl sites for hydroxylation is 1. The molecule has 0 aliphatic carbocycles. The predicted molar refractivity (Wildman–Crippen MR) is 46.1 cm³/mol. The van der Waals surface area contributed by atoms with E-state index in [1.165, 1.54) is 0 Å². The monoisotopic (exact) mass is 160 g/mol. The van der Waals surface area contributed by atoms with Gasteiger partial charge in [0.15, 0.2) is 0 Å². The molecular weight excluding hydrogens is 152 g/mol. The van der Waals surface area contributed by atoms with E-state index in [1.807, 2.05) is 25.4 Å². The van der Waals surface area contributed by atoms with E-state index in [0.717, 1.165) is 17.2 Å². The summed E-state index contributed by atoms with van der Waals surface area (Å²) < 4.78 is 1.74. The Balaban J connectivity index is 2.74. The molecule has 0 bridgehead atoms. The summed E-state index contributed by atoms with van der Waals surface area (Å²) in [6.07, 6.45) is 2.73. The Morgan fingerprint density at radius 3 is 3.08 bits per heavy atom. The maximum Gasteiger partial charge on any atom is 0.150 e. The van der Waals surface area contributed by atoms with Crippen LogP contribution in [0.2, 0.25) is 0 Å². The normalized spacial score (nSPS) is 10.4. The van der Waals surface area contributed by atoms with Gasteiger partial charge in [0, 0.05) is 24.2 Å². The summed E-state index contributed by atoms with van der Waals surface area (Å²) in [4.78, 5) is 10.4. The van der Waals surface area contributed by atoms with Gasteiger partial charge in [-0.3, -0.25) is 9.48 Å². The molecule has 1 heterocycles. The summed E-state index contributed by atoms with van der Waals surface area (Å²) >= 11 is 0. The number of aldehydes is 1. The van der Waals surface area contributed by atoms with Crippen molar-refractivity contribution >= 4 is 17.2 Å². The van der Waals surface area contributed by atoms with Crippen LogP contribution in [0.15, 0.2) is 24.4 Å². The Kier molecular flexibility index (Phi) is 1.43. The summed E-state index contributed by atoms with van der Waals surface area (Å²) in [5.74, 6) is 0. The van der Waals surface area contributed by atoms with Crippen LogP contribution in [0, 0.1) is 0 Å². The van der Waals surface area contributed by atoms with Crippen molar-refractivity contribution in [3.05, 3.63) is 30.0 Å². The van der Waals surface area contributed by atoms with Crippen LogP contribution in [0.25, 0.3) is 10.9 Å². The fourth-order valence-corrected chi connectivity index (χ4v) is 1.24. The van der Waals surface area contributed by atoms with E-state index in [-0.39, 0.29) is 0 Å². The number of rotatable bonds is 1. The maximum absolute atomic E-state index is 10.4. The lowest BCUT2D eigenvalue weighted by Crippen LogP contribution is -1.84. The van der Waals surface area contributed by atoms with Crippen LogP contribution in [0.1, 0.15) is 10.4 Å². The van der Waals surface area contributed by atoms with Gasteiger partial charge in [-0.1, -0.05) is 0 Å². The Bertz CT molecular complexity index is 431. The zero-order valence-corrected chi connectivity index (χ0v) is 6.69. The second-order valence-corrected chi connectivity index (χ2v) is 2.74. The first-order valence-electron chi connectivity index (χ1n) is 3.68. The van der Waals surface area contributed by atoms with Crippen LogP contribution in [0.4, 0.5) is 0 Å². The molecule has 0 atom stereocenters. The molecule has 2 aromatic rings. The minimum Gasteiger partial charge on any atom is -0.298 e. The van der Waals surface area contributed by atoms with Gasteiger partial charge in [-0.2, -0.15) is 5.10 Å². The van der Waals surface area contributed by atoms with Crippen molar-refractivity contribution in [3.63, 3.8) is 0 Å². The van der Waals surface area contributed by atoms with E-state index < -0.39 is 0 Å². The smallest absolute Gasteiger partial charge is 0.150 e. The molecule has 0 radical (unpaired) electrons. The highest BCUT2D eigenvalue weighted by molar-refractivity contribution is 5.86. The van der Waals surface area contributed by atoms with Crippen molar-refractivity contribution in [1.29, 1.82) is 0 Å². The van der Waals surface area contributed by atoms with Gasteiger partial charge in [-0.15, -0.1) is 0 Å². The average molecular weight is 160 g/mol. The zero-order chi connectivity index (χ0) is 8.55. The SMILES string of the molecule is Cn1cc2cc(C=O)ccc2n1. The van der Waals surface area contributed by atoms with E-state index in [4.69, 9.17) is 0 Å². The Labute approximate surface area is 69.6 Å². The third-order valence-corrected chi connectivity index (χ3v) is 1.78. The molecule has 12 heavy (non-hydrogen) atoms. The van der Waals surface area contributed by atoms with Crippen LogP contribution >= 0.6 is 0 Å². The molecule has 0 spiro atoms.